The highest BCUT2D eigenvalue weighted by Gasteiger charge is 2.56. The molecule has 0 aliphatic carbocycles. The Hall–Kier alpha value is -2.08. The van der Waals surface area contributed by atoms with E-state index in [0.29, 0.717) is 0 Å². The number of aliphatic hydroxyl groups excluding tert-OH is 1. The topological polar surface area (TPSA) is 74.6 Å². The Morgan fingerprint density at radius 1 is 1.17 bits per heavy atom. The van der Waals surface area contributed by atoms with Crippen molar-refractivity contribution < 1.29 is 36.2 Å². The minimum Gasteiger partial charge on any atom is -0.396 e. The van der Waals surface area contributed by atoms with E-state index in [-0.39, 0.29) is 12.2 Å². The Morgan fingerprint density at radius 3 is 2.45 bits per heavy atom. The number of rotatable bonds is 5. The number of carbonyl (C=O) groups is 1. The summed E-state index contributed by atoms with van der Waals surface area (Å²) in [5.74, 6) is -3.16. The lowest BCUT2D eigenvalue weighted by Crippen LogP contribution is -2.47. The van der Waals surface area contributed by atoms with Gasteiger partial charge in [0.05, 0.1) is 18.4 Å². The van der Waals surface area contributed by atoms with Crippen molar-refractivity contribution in [3.8, 4) is 0 Å². The van der Waals surface area contributed by atoms with Crippen molar-refractivity contribution in [2.24, 2.45) is 11.8 Å². The molecule has 1 amide bonds. The normalized spacial score (nSPS) is 27.0. The SMILES string of the molecule is O=C(NCC(F)(F)F)[C@@H]1[C@@H](CO)[C@@H]2Cn3c(cccc3=O)[C@H]1N2CCC(F)(F)F. The molecule has 3 heterocycles. The van der Waals surface area contributed by atoms with Gasteiger partial charge in [-0.3, -0.25) is 14.5 Å². The molecule has 0 saturated carbocycles. The molecule has 0 radical (unpaired) electrons. The molecule has 0 spiro atoms. The summed E-state index contributed by atoms with van der Waals surface area (Å²) in [6, 6.07) is 2.26. The first-order valence-corrected chi connectivity index (χ1v) is 8.90. The Morgan fingerprint density at radius 2 is 1.86 bits per heavy atom. The van der Waals surface area contributed by atoms with Crippen molar-refractivity contribution in [1.82, 2.24) is 14.8 Å². The quantitative estimate of drug-likeness (QED) is 0.698. The number of carbonyl (C=O) groups excluding carboxylic acids is 1. The molecule has 6 nitrogen and oxygen atoms in total. The Balaban J connectivity index is 1.99. The van der Waals surface area contributed by atoms with Crippen LogP contribution in [0.15, 0.2) is 23.0 Å². The number of hydrogen-bond acceptors (Lipinski definition) is 4. The van der Waals surface area contributed by atoms with Gasteiger partial charge in [0, 0.05) is 43.4 Å². The Labute approximate surface area is 161 Å². The van der Waals surface area contributed by atoms with Crippen molar-refractivity contribution in [3.63, 3.8) is 0 Å². The van der Waals surface area contributed by atoms with Crippen molar-refractivity contribution >= 4 is 5.91 Å². The Bertz CT molecular complexity index is 822. The van der Waals surface area contributed by atoms with Crippen molar-refractivity contribution in [2.45, 2.75) is 37.4 Å². The standard InChI is InChI=1S/C17H19F6N3O3/c18-16(19,20)4-5-25-11-6-26-10(2-1-3-12(26)28)14(25)13(9(11)7-27)15(29)24-8-17(21,22)23/h1-3,9,11,13-14,27H,4-8H2,(H,24,29)/t9-,11-,13+,14+/m0/s1. The number of nitrogens with zero attached hydrogens (tertiary/aromatic N) is 2. The van der Waals surface area contributed by atoms with Crippen LogP contribution < -0.4 is 10.9 Å². The van der Waals surface area contributed by atoms with E-state index < -0.39 is 73.9 Å². The lowest BCUT2D eigenvalue weighted by Gasteiger charge is -2.38. The molecular weight excluding hydrogens is 408 g/mol. The van der Waals surface area contributed by atoms with Crippen LogP contribution in [0, 0.1) is 11.8 Å². The van der Waals surface area contributed by atoms with E-state index in [1.165, 1.54) is 27.7 Å². The molecule has 162 valence electrons. The molecule has 3 rings (SSSR count). The van der Waals surface area contributed by atoms with Gasteiger partial charge in [0.2, 0.25) is 5.91 Å². The van der Waals surface area contributed by atoms with Gasteiger partial charge in [-0.15, -0.1) is 0 Å². The third kappa shape index (κ3) is 4.42. The summed E-state index contributed by atoms with van der Waals surface area (Å²) >= 11 is 0. The van der Waals surface area contributed by atoms with Gasteiger partial charge in [0.1, 0.15) is 6.54 Å². The minimum atomic E-state index is -4.66. The van der Waals surface area contributed by atoms with Gasteiger partial charge < -0.3 is 15.0 Å². The van der Waals surface area contributed by atoms with Crippen LogP contribution in [-0.2, 0) is 11.3 Å². The van der Waals surface area contributed by atoms with Crippen LogP contribution in [0.4, 0.5) is 26.3 Å². The van der Waals surface area contributed by atoms with Crippen LogP contribution in [0.3, 0.4) is 0 Å². The molecule has 0 unspecified atom stereocenters. The zero-order valence-electron chi connectivity index (χ0n) is 15.0. The number of aliphatic hydroxyl groups is 1. The first kappa shape index (κ1) is 21.6. The van der Waals surface area contributed by atoms with Gasteiger partial charge in [-0.25, -0.2) is 0 Å². The maximum absolute atomic E-state index is 12.8. The minimum absolute atomic E-state index is 0.0579. The number of alkyl halides is 6. The molecule has 1 saturated heterocycles. The summed E-state index contributed by atoms with van der Waals surface area (Å²) in [5.41, 5.74) is -0.181. The molecular formula is C17H19F6N3O3. The van der Waals surface area contributed by atoms with Crippen molar-refractivity contribution in [1.29, 1.82) is 0 Å². The average Bonchev–Trinajstić information content (AvgIpc) is 2.83. The smallest absolute Gasteiger partial charge is 0.396 e. The van der Waals surface area contributed by atoms with E-state index in [1.807, 2.05) is 0 Å². The summed E-state index contributed by atoms with van der Waals surface area (Å²) in [6.45, 7) is -2.77. The van der Waals surface area contributed by atoms with Crippen molar-refractivity contribution in [2.75, 3.05) is 19.7 Å². The van der Waals surface area contributed by atoms with Gasteiger partial charge in [0.25, 0.3) is 5.56 Å². The van der Waals surface area contributed by atoms with E-state index in [4.69, 9.17) is 0 Å². The monoisotopic (exact) mass is 427 g/mol. The zero-order valence-corrected chi connectivity index (χ0v) is 15.0. The van der Waals surface area contributed by atoms with E-state index in [0.717, 1.165) is 0 Å². The molecule has 1 aromatic rings. The highest BCUT2D eigenvalue weighted by Crippen LogP contribution is 2.48. The summed E-state index contributed by atoms with van der Waals surface area (Å²) in [7, 11) is 0. The van der Waals surface area contributed by atoms with Crippen LogP contribution >= 0.6 is 0 Å². The molecule has 4 atom stereocenters. The van der Waals surface area contributed by atoms with Crippen LogP contribution in [-0.4, -0.2) is 58.6 Å². The van der Waals surface area contributed by atoms with Gasteiger partial charge in [-0.1, -0.05) is 6.07 Å². The Kier molecular flexibility index (Phi) is 5.69. The second-order valence-electron chi connectivity index (χ2n) is 7.22. The highest BCUT2D eigenvalue weighted by molar-refractivity contribution is 5.80. The van der Waals surface area contributed by atoms with E-state index in [2.05, 4.69) is 0 Å². The number of aromatic nitrogens is 1. The maximum atomic E-state index is 12.8. The first-order valence-electron chi connectivity index (χ1n) is 8.90. The molecule has 2 aliphatic heterocycles. The van der Waals surface area contributed by atoms with E-state index in [1.54, 1.807) is 5.32 Å². The summed E-state index contributed by atoms with van der Waals surface area (Å²) in [6.07, 6.45) is -10.3. The second-order valence-corrected chi connectivity index (χ2v) is 7.22. The molecule has 12 heteroatoms. The lowest BCUT2D eigenvalue weighted by atomic mass is 9.86. The van der Waals surface area contributed by atoms with Gasteiger partial charge in [-0.2, -0.15) is 26.3 Å². The lowest BCUT2D eigenvalue weighted by molar-refractivity contribution is -0.143. The predicted molar refractivity (Wildman–Crippen MR) is 87.7 cm³/mol. The third-order valence-corrected chi connectivity index (χ3v) is 5.47. The number of hydrogen-bond donors (Lipinski definition) is 2. The summed E-state index contributed by atoms with van der Waals surface area (Å²) in [4.78, 5) is 26.2. The summed E-state index contributed by atoms with van der Waals surface area (Å²) < 4.78 is 77.3. The largest absolute Gasteiger partial charge is 0.405 e. The second kappa shape index (κ2) is 7.63. The molecule has 29 heavy (non-hydrogen) atoms. The molecule has 2 aliphatic rings. The molecule has 1 aromatic heterocycles. The van der Waals surface area contributed by atoms with E-state index in [9.17, 15) is 41.0 Å². The highest BCUT2D eigenvalue weighted by atomic mass is 19.4. The maximum Gasteiger partial charge on any atom is 0.405 e. The third-order valence-electron chi connectivity index (χ3n) is 5.47. The number of halogens is 6. The fourth-order valence-corrected chi connectivity index (χ4v) is 4.34. The van der Waals surface area contributed by atoms with Crippen molar-refractivity contribution in [3.05, 3.63) is 34.2 Å². The number of amides is 1. The van der Waals surface area contributed by atoms with Crippen LogP contribution in [0.5, 0.6) is 0 Å². The molecule has 1 fully saturated rings. The average molecular weight is 427 g/mol. The van der Waals surface area contributed by atoms with Gasteiger partial charge >= 0.3 is 12.4 Å². The van der Waals surface area contributed by atoms with Crippen LogP contribution in [0.25, 0.3) is 0 Å². The number of fused-ring (bicyclic) bond motifs is 4. The number of nitrogens with one attached hydrogen (secondary N) is 1. The molecule has 0 aromatic carbocycles. The number of pyridine rings is 1. The fourth-order valence-electron chi connectivity index (χ4n) is 4.34. The fraction of sp³-hybridized carbons (Fsp3) is 0.647. The zero-order chi connectivity index (χ0) is 21.6. The van der Waals surface area contributed by atoms with Crippen LogP contribution in [0.1, 0.15) is 18.2 Å². The summed E-state index contributed by atoms with van der Waals surface area (Å²) in [5, 5.41) is 11.6. The molecule has 2 N–H and O–H groups in total. The molecule has 2 bridgehead atoms. The predicted octanol–water partition coefficient (Wildman–Crippen LogP) is 1.44. The van der Waals surface area contributed by atoms with Gasteiger partial charge in [0.15, 0.2) is 0 Å². The first-order chi connectivity index (χ1) is 13.4. The van der Waals surface area contributed by atoms with E-state index >= 15 is 0 Å². The van der Waals surface area contributed by atoms with Gasteiger partial charge in [-0.05, 0) is 6.07 Å². The van der Waals surface area contributed by atoms with Crippen LogP contribution in [0.2, 0.25) is 0 Å².